The van der Waals surface area contributed by atoms with Gasteiger partial charge in [-0.3, -0.25) is 0 Å². The highest BCUT2D eigenvalue weighted by Crippen LogP contribution is 2.21. The van der Waals surface area contributed by atoms with E-state index in [4.69, 9.17) is 4.74 Å². The van der Waals surface area contributed by atoms with Gasteiger partial charge in [0.1, 0.15) is 6.10 Å². The maximum Gasteiger partial charge on any atom is 0.338 e. The Morgan fingerprint density at radius 3 is 2.53 bits per heavy atom. The molecule has 1 aromatic carbocycles. The highest BCUT2D eigenvalue weighted by Gasteiger charge is 2.17. The number of carbonyl (C=O) groups excluding carboxylic acids is 1. The van der Waals surface area contributed by atoms with E-state index < -0.39 is 0 Å². The van der Waals surface area contributed by atoms with Gasteiger partial charge >= 0.3 is 5.97 Å². The number of hydrogen-bond acceptors (Lipinski definition) is 2. The van der Waals surface area contributed by atoms with Crippen molar-refractivity contribution in [1.82, 2.24) is 0 Å². The molecule has 0 aromatic heterocycles. The van der Waals surface area contributed by atoms with Crippen LogP contribution in [0.25, 0.3) is 0 Å². The summed E-state index contributed by atoms with van der Waals surface area (Å²) >= 11 is 0. The number of benzene rings is 1. The van der Waals surface area contributed by atoms with Gasteiger partial charge in [0.2, 0.25) is 0 Å². The molecule has 1 aliphatic rings. The molecule has 0 saturated heterocycles. The lowest BCUT2D eigenvalue weighted by atomic mass is 10.1. The summed E-state index contributed by atoms with van der Waals surface area (Å²) in [4.78, 5) is 12.0. The molecule has 2 heteroatoms. The second kappa shape index (κ2) is 5.85. The lowest BCUT2D eigenvalue weighted by Gasteiger charge is -2.15. The molecule has 0 amide bonds. The normalized spacial score (nSPS) is 17.5. The van der Waals surface area contributed by atoms with Gasteiger partial charge in [-0.25, -0.2) is 4.79 Å². The Bertz CT molecular complexity index is 376. The predicted octanol–water partition coefficient (Wildman–Crippen LogP) is 3.87. The van der Waals surface area contributed by atoms with Crippen molar-refractivity contribution >= 4 is 5.97 Å². The van der Waals surface area contributed by atoms with Crippen LogP contribution >= 0.6 is 0 Å². The standard InChI is InChI=1S/C15H20O2/c1-12-7-6-8-13(11-12)15(16)17-14-9-4-2-3-5-10-14/h6-8,11,14H,2-5,9-10H2,1H3. The van der Waals surface area contributed by atoms with Gasteiger partial charge in [-0.05, 0) is 44.7 Å². The Hall–Kier alpha value is -1.31. The van der Waals surface area contributed by atoms with Gasteiger partial charge in [-0.15, -0.1) is 0 Å². The predicted molar refractivity (Wildman–Crippen MR) is 68.1 cm³/mol. The van der Waals surface area contributed by atoms with Crippen LogP contribution in [-0.4, -0.2) is 12.1 Å². The van der Waals surface area contributed by atoms with Crippen molar-refractivity contribution in [3.05, 3.63) is 35.4 Å². The summed E-state index contributed by atoms with van der Waals surface area (Å²) in [5, 5.41) is 0. The van der Waals surface area contributed by atoms with Crippen LogP contribution in [0.5, 0.6) is 0 Å². The van der Waals surface area contributed by atoms with Gasteiger partial charge < -0.3 is 4.74 Å². The summed E-state index contributed by atoms with van der Waals surface area (Å²) in [6.07, 6.45) is 7.11. The number of hydrogen-bond donors (Lipinski definition) is 0. The molecule has 1 aliphatic carbocycles. The van der Waals surface area contributed by atoms with E-state index in [1.165, 1.54) is 25.7 Å². The molecular formula is C15H20O2. The molecule has 2 rings (SSSR count). The molecule has 17 heavy (non-hydrogen) atoms. The number of ether oxygens (including phenoxy) is 1. The molecule has 0 unspecified atom stereocenters. The molecule has 1 aromatic rings. The maximum absolute atomic E-state index is 12.0. The van der Waals surface area contributed by atoms with Crippen molar-refractivity contribution in [1.29, 1.82) is 0 Å². The number of carbonyl (C=O) groups is 1. The quantitative estimate of drug-likeness (QED) is 0.571. The number of rotatable bonds is 2. The van der Waals surface area contributed by atoms with E-state index in [9.17, 15) is 4.79 Å². The van der Waals surface area contributed by atoms with Crippen molar-refractivity contribution in [2.75, 3.05) is 0 Å². The van der Waals surface area contributed by atoms with Gasteiger partial charge in [0, 0.05) is 0 Å². The summed E-state index contributed by atoms with van der Waals surface area (Å²) in [6.45, 7) is 1.99. The highest BCUT2D eigenvalue weighted by molar-refractivity contribution is 5.89. The van der Waals surface area contributed by atoms with Gasteiger partial charge in [-0.1, -0.05) is 30.5 Å². The highest BCUT2D eigenvalue weighted by atomic mass is 16.5. The van der Waals surface area contributed by atoms with Crippen molar-refractivity contribution in [2.45, 2.75) is 51.6 Å². The van der Waals surface area contributed by atoms with E-state index in [0.717, 1.165) is 18.4 Å². The minimum atomic E-state index is -0.166. The molecule has 1 saturated carbocycles. The molecule has 0 heterocycles. The third-order valence-corrected chi connectivity index (χ3v) is 3.33. The van der Waals surface area contributed by atoms with Gasteiger partial charge in [-0.2, -0.15) is 0 Å². The average Bonchev–Trinajstić information content (AvgIpc) is 2.57. The first-order valence-electron chi connectivity index (χ1n) is 6.53. The van der Waals surface area contributed by atoms with Crippen molar-refractivity contribution in [2.24, 2.45) is 0 Å². The van der Waals surface area contributed by atoms with Crippen LogP contribution in [0.3, 0.4) is 0 Å². The fraction of sp³-hybridized carbons (Fsp3) is 0.533. The fourth-order valence-corrected chi connectivity index (χ4v) is 2.35. The van der Waals surface area contributed by atoms with Crippen molar-refractivity contribution < 1.29 is 9.53 Å². The monoisotopic (exact) mass is 232 g/mol. The molecule has 0 radical (unpaired) electrons. The Kier molecular flexibility index (Phi) is 4.18. The molecule has 2 nitrogen and oxygen atoms in total. The third kappa shape index (κ3) is 3.58. The second-order valence-electron chi connectivity index (χ2n) is 4.89. The van der Waals surface area contributed by atoms with E-state index in [0.29, 0.717) is 5.56 Å². The van der Waals surface area contributed by atoms with Crippen molar-refractivity contribution in [3.8, 4) is 0 Å². The molecule has 0 spiro atoms. The smallest absolute Gasteiger partial charge is 0.338 e. The number of esters is 1. The molecule has 0 bridgehead atoms. The Morgan fingerprint density at radius 1 is 1.18 bits per heavy atom. The van der Waals surface area contributed by atoms with E-state index in [2.05, 4.69) is 0 Å². The topological polar surface area (TPSA) is 26.3 Å². The Balaban J connectivity index is 1.96. The summed E-state index contributed by atoms with van der Waals surface area (Å²) in [7, 11) is 0. The van der Waals surface area contributed by atoms with Gasteiger partial charge in [0.05, 0.1) is 5.56 Å². The fourth-order valence-electron chi connectivity index (χ4n) is 2.35. The minimum absolute atomic E-state index is 0.130. The van der Waals surface area contributed by atoms with Crippen LogP contribution in [0.1, 0.15) is 54.4 Å². The first-order chi connectivity index (χ1) is 8.25. The Labute approximate surface area is 103 Å². The molecule has 1 fully saturated rings. The third-order valence-electron chi connectivity index (χ3n) is 3.33. The Morgan fingerprint density at radius 2 is 1.88 bits per heavy atom. The van der Waals surface area contributed by atoms with E-state index >= 15 is 0 Å². The summed E-state index contributed by atoms with van der Waals surface area (Å²) in [5.74, 6) is -0.166. The van der Waals surface area contributed by atoms with Gasteiger partial charge in [0.25, 0.3) is 0 Å². The first kappa shape index (κ1) is 12.2. The summed E-state index contributed by atoms with van der Waals surface area (Å²) in [5.41, 5.74) is 1.77. The zero-order valence-corrected chi connectivity index (χ0v) is 10.4. The van der Waals surface area contributed by atoms with Crippen LogP contribution in [0.2, 0.25) is 0 Å². The summed E-state index contributed by atoms with van der Waals surface area (Å²) in [6, 6.07) is 7.60. The average molecular weight is 232 g/mol. The minimum Gasteiger partial charge on any atom is -0.459 e. The van der Waals surface area contributed by atoms with E-state index in [-0.39, 0.29) is 12.1 Å². The zero-order valence-electron chi connectivity index (χ0n) is 10.4. The van der Waals surface area contributed by atoms with Crippen molar-refractivity contribution in [3.63, 3.8) is 0 Å². The number of aryl methyl sites for hydroxylation is 1. The maximum atomic E-state index is 12.0. The van der Waals surface area contributed by atoms with Crippen LogP contribution in [0.15, 0.2) is 24.3 Å². The van der Waals surface area contributed by atoms with E-state index in [1.54, 1.807) is 0 Å². The largest absolute Gasteiger partial charge is 0.459 e. The lowest BCUT2D eigenvalue weighted by molar-refractivity contribution is 0.0267. The van der Waals surface area contributed by atoms with Crippen LogP contribution in [0.4, 0.5) is 0 Å². The molecule has 0 atom stereocenters. The molecule has 0 N–H and O–H groups in total. The van der Waals surface area contributed by atoms with Crippen LogP contribution in [0, 0.1) is 6.92 Å². The molecular weight excluding hydrogens is 212 g/mol. The SMILES string of the molecule is Cc1cccc(C(=O)OC2CCCCCC2)c1. The second-order valence-corrected chi connectivity index (χ2v) is 4.89. The van der Waals surface area contributed by atoms with Gasteiger partial charge in [0.15, 0.2) is 0 Å². The summed E-state index contributed by atoms with van der Waals surface area (Å²) < 4.78 is 5.57. The molecule has 0 aliphatic heterocycles. The zero-order chi connectivity index (χ0) is 12.1. The van der Waals surface area contributed by atoms with Crippen LogP contribution < -0.4 is 0 Å². The first-order valence-corrected chi connectivity index (χ1v) is 6.53. The van der Waals surface area contributed by atoms with Crippen LogP contribution in [-0.2, 0) is 4.74 Å². The van der Waals surface area contributed by atoms with E-state index in [1.807, 2.05) is 31.2 Å². The molecule has 92 valence electrons. The lowest BCUT2D eigenvalue weighted by Crippen LogP contribution is -2.17.